The number of fused-ring (bicyclic) bond motifs is 1. The lowest BCUT2D eigenvalue weighted by Crippen LogP contribution is -2.45. The third-order valence-electron chi connectivity index (χ3n) is 6.74. The lowest BCUT2D eigenvalue weighted by Gasteiger charge is -2.33. The van der Waals surface area contributed by atoms with Gasteiger partial charge in [0.15, 0.2) is 0 Å². The summed E-state index contributed by atoms with van der Waals surface area (Å²) in [5.74, 6) is 0.308. The molecule has 2 fully saturated rings. The lowest BCUT2D eigenvalue weighted by molar-refractivity contribution is 0.0672. The van der Waals surface area contributed by atoms with Crippen LogP contribution < -0.4 is 16.2 Å². The Morgan fingerprint density at radius 1 is 1.23 bits per heavy atom. The maximum absolute atomic E-state index is 13.8. The molecule has 0 bridgehead atoms. The van der Waals surface area contributed by atoms with Crippen LogP contribution in [-0.4, -0.2) is 58.8 Å². The van der Waals surface area contributed by atoms with Gasteiger partial charge in [-0.05, 0) is 43.4 Å². The number of nitrogens with zero attached hydrogens (tertiary/aromatic N) is 5. The summed E-state index contributed by atoms with van der Waals surface area (Å²) in [7, 11) is 0. The Hall–Kier alpha value is -3.29. The highest BCUT2D eigenvalue weighted by molar-refractivity contribution is 7.20. The van der Waals surface area contributed by atoms with Crippen molar-refractivity contribution in [2.24, 2.45) is 5.73 Å². The highest BCUT2D eigenvalue weighted by atomic mass is 32.1. The Balaban J connectivity index is 1.58. The minimum atomic E-state index is -0.870. The zero-order valence-electron chi connectivity index (χ0n) is 19.3. The van der Waals surface area contributed by atoms with Gasteiger partial charge in [0.25, 0.3) is 11.5 Å². The third kappa shape index (κ3) is 4.66. The van der Waals surface area contributed by atoms with Gasteiger partial charge in [-0.15, -0.1) is 11.3 Å². The first kappa shape index (κ1) is 23.5. The first-order valence-electron chi connectivity index (χ1n) is 11.9. The number of benzene rings is 1. The minimum absolute atomic E-state index is 0.0192. The van der Waals surface area contributed by atoms with Crippen LogP contribution in [0.15, 0.2) is 35.1 Å². The molecule has 0 spiro atoms. The summed E-state index contributed by atoms with van der Waals surface area (Å²) in [5, 5.41) is 9.55. The minimum Gasteiger partial charge on any atom is -0.341 e. The number of thiophene rings is 1. The highest BCUT2D eigenvalue weighted by Crippen LogP contribution is 2.28. The fourth-order valence-electron chi connectivity index (χ4n) is 4.82. The van der Waals surface area contributed by atoms with Crippen molar-refractivity contribution in [2.45, 2.75) is 44.4 Å². The monoisotopic (exact) mass is 494 g/mol. The maximum atomic E-state index is 13.8. The van der Waals surface area contributed by atoms with Crippen LogP contribution in [0.25, 0.3) is 10.2 Å². The van der Waals surface area contributed by atoms with E-state index in [0.717, 1.165) is 36.3 Å². The number of carbonyl (C=O) groups excluding carboxylic acids is 1. The molecule has 182 valence electrons. The van der Waals surface area contributed by atoms with Gasteiger partial charge < -0.3 is 15.5 Å². The fraction of sp³-hybridized carbons (Fsp3) is 0.440. The van der Waals surface area contributed by atoms with Gasteiger partial charge in [-0.2, -0.15) is 5.26 Å². The summed E-state index contributed by atoms with van der Waals surface area (Å²) in [6.07, 6.45) is 1.60. The Morgan fingerprint density at radius 2 is 2.00 bits per heavy atom. The molecule has 2 aromatic heterocycles. The molecule has 5 rings (SSSR count). The second-order valence-corrected chi connectivity index (χ2v) is 10.3. The standard InChI is InChI=1S/C25H27FN6O2S/c26-18-7-10-30(11-8-18)23(33)21-12-20-22(35-21)24(34)32(14-17-5-2-1-4-16(17)13-27)25(29-20)31-9-3-6-19(28)15-31/h1-2,4-5,12,18-19H,3,6-11,14-15,28H2. The number of hydrogen-bond donors (Lipinski definition) is 1. The molecule has 3 aromatic rings. The zero-order chi connectivity index (χ0) is 24.5. The third-order valence-corrected chi connectivity index (χ3v) is 7.84. The molecule has 8 nitrogen and oxygen atoms in total. The number of hydrogen-bond acceptors (Lipinski definition) is 7. The quantitative estimate of drug-likeness (QED) is 0.598. The van der Waals surface area contributed by atoms with Crippen molar-refractivity contribution in [1.82, 2.24) is 14.5 Å². The van der Waals surface area contributed by atoms with Crippen LogP contribution in [0.3, 0.4) is 0 Å². The molecule has 0 saturated carbocycles. The number of nitrogens with two attached hydrogens (primary N) is 1. The van der Waals surface area contributed by atoms with Crippen LogP contribution in [0, 0.1) is 11.3 Å². The Bertz CT molecular complexity index is 1350. The number of halogens is 1. The number of piperidine rings is 2. The van der Waals surface area contributed by atoms with Gasteiger partial charge in [0, 0.05) is 32.2 Å². The number of rotatable bonds is 4. The highest BCUT2D eigenvalue weighted by Gasteiger charge is 2.27. The summed E-state index contributed by atoms with van der Waals surface area (Å²) < 4.78 is 15.5. The summed E-state index contributed by atoms with van der Waals surface area (Å²) >= 11 is 1.13. The first-order valence-corrected chi connectivity index (χ1v) is 12.7. The Labute approximate surface area is 206 Å². The molecule has 1 aromatic carbocycles. The van der Waals surface area contributed by atoms with E-state index in [4.69, 9.17) is 10.7 Å². The van der Waals surface area contributed by atoms with Crippen molar-refractivity contribution < 1.29 is 9.18 Å². The largest absolute Gasteiger partial charge is 0.341 e. The van der Waals surface area contributed by atoms with Gasteiger partial charge in [-0.3, -0.25) is 14.2 Å². The van der Waals surface area contributed by atoms with Crippen LogP contribution in [0.1, 0.15) is 46.5 Å². The van der Waals surface area contributed by atoms with E-state index in [-0.39, 0.29) is 24.1 Å². The molecule has 1 unspecified atom stereocenters. The molecule has 2 saturated heterocycles. The van der Waals surface area contributed by atoms with E-state index in [1.54, 1.807) is 27.7 Å². The molecule has 0 aliphatic carbocycles. The number of anilines is 1. The van der Waals surface area contributed by atoms with Gasteiger partial charge in [-0.25, -0.2) is 9.37 Å². The average Bonchev–Trinajstić information content (AvgIpc) is 3.30. The Kier molecular flexibility index (Phi) is 6.54. The second kappa shape index (κ2) is 9.76. The molecule has 4 heterocycles. The van der Waals surface area contributed by atoms with Crippen molar-refractivity contribution in [3.05, 3.63) is 56.7 Å². The molecule has 10 heteroatoms. The van der Waals surface area contributed by atoms with Crippen LogP contribution >= 0.6 is 11.3 Å². The molecule has 2 N–H and O–H groups in total. The van der Waals surface area contributed by atoms with E-state index in [1.165, 1.54) is 0 Å². The molecular weight excluding hydrogens is 467 g/mol. The predicted molar refractivity (Wildman–Crippen MR) is 134 cm³/mol. The van der Waals surface area contributed by atoms with Gasteiger partial charge in [0.05, 0.1) is 28.6 Å². The van der Waals surface area contributed by atoms with Crippen molar-refractivity contribution in [2.75, 3.05) is 31.1 Å². The fourth-order valence-corrected chi connectivity index (χ4v) is 5.84. The number of carbonyl (C=O) groups is 1. The van der Waals surface area contributed by atoms with E-state index in [2.05, 4.69) is 6.07 Å². The Morgan fingerprint density at radius 3 is 2.74 bits per heavy atom. The van der Waals surface area contributed by atoms with Crippen LogP contribution in [0.2, 0.25) is 0 Å². The number of likely N-dealkylation sites (tertiary alicyclic amines) is 1. The van der Waals surface area contributed by atoms with Gasteiger partial charge in [0.2, 0.25) is 5.95 Å². The predicted octanol–water partition coefficient (Wildman–Crippen LogP) is 2.88. The van der Waals surface area contributed by atoms with Crippen molar-refractivity contribution >= 4 is 33.4 Å². The second-order valence-electron chi connectivity index (χ2n) is 9.21. The molecular formula is C25H27FN6O2S. The summed E-state index contributed by atoms with van der Waals surface area (Å²) in [6, 6.07) is 11.0. The van der Waals surface area contributed by atoms with Crippen LogP contribution in [0.4, 0.5) is 10.3 Å². The molecule has 2 aliphatic heterocycles. The normalized spacial score (nSPS) is 19.2. The molecule has 1 atom stereocenters. The number of amides is 1. The number of alkyl halides is 1. The average molecular weight is 495 g/mol. The van der Waals surface area contributed by atoms with Gasteiger partial charge in [0.1, 0.15) is 10.9 Å². The molecule has 1 amide bonds. The maximum Gasteiger partial charge on any atom is 0.273 e. The van der Waals surface area contributed by atoms with Gasteiger partial charge in [-0.1, -0.05) is 18.2 Å². The van der Waals surface area contributed by atoms with Crippen LogP contribution in [-0.2, 0) is 6.54 Å². The molecule has 0 radical (unpaired) electrons. The van der Waals surface area contributed by atoms with E-state index in [0.29, 0.717) is 59.1 Å². The number of nitriles is 1. The van der Waals surface area contributed by atoms with E-state index >= 15 is 0 Å². The van der Waals surface area contributed by atoms with Crippen molar-refractivity contribution in [1.29, 1.82) is 5.26 Å². The van der Waals surface area contributed by atoms with E-state index in [9.17, 15) is 19.2 Å². The van der Waals surface area contributed by atoms with Crippen molar-refractivity contribution in [3.63, 3.8) is 0 Å². The van der Waals surface area contributed by atoms with E-state index in [1.807, 2.05) is 17.0 Å². The number of aromatic nitrogens is 2. The topological polar surface area (TPSA) is 108 Å². The zero-order valence-corrected chi connectivity index (χ0v) is 20.1. The summed E-state index contributed by atoms with van der Waals surface area (Å²) in [4.78, 5) is 35.8. The first-order chi connectivity index (χ1) is 16.9. The SMILES string of the molecule is N#Cc1ccccc1Cn1c(N2CCCC(N)C2)nc2cc(C(=O)N3CCC(F)CC3)sc2c1=O. The molecule has 35 heavy (non-hydrogen) atoms. The van der Waals surface area contributed by atoms with Gasteiger partial charge >= 0.3 is 0 Å². The summed E-state index contributed by atoms with van der Waals surface area (Å²) in [6.45, 7) is 2.23. The molecule has 2 aliphatic rings. The smallest absolute Gasteiger partial charge is 0.273 e. The van der Waals surface area contributed by atoms with E-state index < -0.39 is 6.17 Å². The summed E-state index contributed by atoms with van der Waals surface area (Å²) in [5.41, 5.74) is 7.67. The van der Waals surface area contributed by atoms with Crippen LogP contribution in [0.5, 0.6) is 0 Å². The van der Waals surface area contributed by atoms with Crippen molar-refractivity contribution in [3.8, 4) is 6.07 Å². The lowest BCUT2D eigenvalue weighted by atomic mass is 10.1.